The van der Waals surface area contributed by atoms with Gasteiger partial charge in [0.25, 0.3) is 0 Å². The molecular weight excluding hydrogens is 248 g/mol. The maximum absolute atomic E-state index is 11.8. The van der Waals surface area contributed by atoms with Crippen LogP contribution < -0.4 is 10.6 Å². The number of carbonyl (C=O) groups is 1. The third-order valence-electron chi connectivity index (χ3n) is 3.39. The molecule has 1 fully saturated rings. The highest BCUT2D eigenvalue weighted by Gasteiger charge is 2.27. The van der Waals surface area contributed by atoms with Gasteiger partial charge in [0.1, 0.15) is 0 Å². The Morgan fingerprint density at radius 3 is 2.89 bits per heavy atom. The van der Waals surface area contributed by atoms with Crippen LogP contribution in [0.2, 0.25) is 5.02 Å². The van der Waals surface area contributed by atoms with Crippen LogP contribution in [0.5, 0.6) is 0 Å². The highest BCUT2D eigenvalue weighted by atomic mass is 35.5. The smallest absolute Gasteiger partial charge is 0.238 e. The van der Waals surface area contributed by atoms with Gasteiger partial charge >= 0.3 is 0 Å². The first-order chi connectivity index (χ1) is 8.56. The minimum absolute atomic E-state index is 0.0205. The Morgan fingerprint density at radius 2 is 2.22 bits per heavy atom. The van der Waals surface area contributed by atoms with E-state index in [-0.39, 0.29) is 5.91 Å². The van der Waals surface area contributed by atoms with Crippen molar-refractivity contribution in [2.75, 3.05) is 11.9 Å². The summed E-state index contributed by atoms with van der Waals surface area (Å²) in [7, 11) is 0. The van der Waals surface area contributed by atoms with Crippen molar-refractivity contribution >= 4 is 23.2 Å². The number of rotatable bonds is 5. The molecule has 2 N–H and O–H groups in total. The van der Waals surface area contributed by atoms with E-state index in [0.29, 0.717) is 17.6 Å². The zero-order valence-corrected chi connectivity index (χ0v) is 11.6. The molecule has 0 aromatic heterocycles. The van der Waals surface area contributed by atoms with Crippen LogP contribution in [0.15, 0.2) is 18.2 Å². The summed E-state index contributed by atoms with van der Waals surface area (Å²) in [5.74, 6) is 0.735. The minimum Gasteiger partial charge on any atom is -0.325 e. The Balaban J connectivity index is 1.84. The number of aryl methyl sites for hydroxylation is 1. The molecule has 18 heavy (non-hydrogen) atoms. The molecule has 0 radical (unpaired) electrons. The lowest BCUT2D eigenvalue weighted by Gasteiger charge is -2.13. The molecule has 1 atom stereocenters. The molecule has 0 aliphatic heterocycles. The molecule has 1 amide bonds. The van der Waals surface area contributed by atoms with Crippen LogP contribution in [0, 0.1) is 12.8 Å². The van der Waals surface area contributed by atoms with E-state index in [1.807, 2.05) is 19.1 Å². The highest BCUT2D eigenvalue weighted by Crippen LogP contribution is 2.32. The first-order valence-electron chi connectivity index (χ1n) is 6.35. The van der Waals surface area contributed by atoms with Gasteiger partial charge in [0.2, 0.25) is 5.91 Å². The van der Waals surface area contributed by atoms with E-state index in [9.17, 15) is 4.79 Å². The number of carbonyl (C=O) groups excluding carboxylic acids is 1. The number of anilines is 1. The average molecular weight is 267 g/mol. The fraction of sp³-hybridized carbons (Fsp3) is 0.500. The van der Waals surface area contributed by atoms with Crippen LogP contribution in [0.3, 0.4) is 0 Å². The van der Waals surface area contributed by atoms with Crippen molar-refractivity contribution in [3.05, 3.63) is 28.8 Å². The number of hydrogen-bond acceptors (Lipinski definition) is 2. The van der Waals surface area contributed by atoms with Gasteiger partial charge in [0, 0.05) is 16.8 Å². The predicted octanol–water partition coefficient (Wildman–Crippen LogP) is 2.98. The maximum atomic E-state index is 11.8. The van der Waals surface area contributed by atoms with Gasteiger partial charge < -0.3 is 10.6 Å². The number of amides is 1. The van der Waals surface area contributed by atoms with E-state index in [1.54, 1.807) is 6.07 Å². The molecule has 1 saturated carbocycles. The minimum atomic E-state index is -0.0205. The van der Waals surface area contributed by atoms with Crippen molar-refractivity contribution in [2.45, 2.75) is 32.7 Å². The number of hydrogen-bond donors (Lipinski definition) is 2. The molecule has 2 rings (SSSR count). The molecular formula is C14H19ClN2O. The van der Waals surface area contributed by atoms with E-state index >= 15 is 0 Å². The molecule has 0 heterocycles. The zero-order valence-electron chi connectivity index (χ0n) is 10.8. The molecule has 4 heteroatoms. The second-order valence-corrected chi connectivity index (χ2v) is 5.45. The molecule has 0 bridgehead atoms. The molecule has 0 saturated heterocycles. The Bertz CT molecular complexity index is 443. The molecule has 98 valence electrons. The van der Waals surface area contributed by atoms with Gasteiger partial charge in [-0.3, -0.25) is 4.79 Å². The maximum Gasteiger partial charge on any atom is 0.238 e. The van der Waals surface area contributed by atoms with Crippen molar-refractivity contribution in [3.63, 3.8) is 0 Å². The van der Waals surface area contributed by atoms with Crippen molar-refractivity contribution in [1.82, 2.24) is 5.32 Å². The van der Waals surface area contributed by atoms with E-state index in [4.69, 9.17) is 11.6 Å². The van der Waals surface area contributed by atoms with Crippen LogP contribution >= 0.6 is 11.6 Å². The first kappa shape index (κ1) is 13.4. The largest absolute Gasteiger partial charge is 0.325 e. The molecule has 1 aromatic carbocycles. The SMILES string of the molecule is Cc1ccc(Cl)cc1NC(=O)CNC(C)C1CC1. The van der Waals surface area contributed by atoms with Gasteiger partial charge in [0.15, 0.2) is 0 Å². The Hall–Kier alpha value is -1.06. The van der Waals surface area contributed by atoms with E-state index < -0.39 is 0 Å². The first-order valence-corrected chi connectivity index (χ1v) is 6.73. The van der Waals surface area contributed by atoms with Crippen LogP contribution in [-0.2, 0) is 4.79 Å². The van der Waals surface area contributed by atoms with Gasteiger partial charge in [-0.05, 0) is 50.3 Å². The summed E-state index contributed by atoms with van der Waals surface area (Å²) in [6.45, 7) is 4.44. The Morgan fingerprint density at radius 1 is 1.50 bits per heavy atom. The summed E-state index contributed by atoms with van der Waals surface area (Å²) < 4.78 is 0. The molecule has 1 unspecified atom stereocenters. The van der Waals surface area contributed by atoms with Gasteiger partial charge in [-0.2, -0.15) is 0 Å². The molecule has 1 aliphatic rings. The lowest BCUT2D eigenvalue weighted by molar-refractivity contribution is -0.115. The molecule has 3 nitrogen and oxygen atoms in total. The Labute approximate surface area is 113 Å². The summed E-state index contributed by atoms with van der Waals surface area (Å²) >= 11 is 5.91. The second kappa shape index (κ2) is 5.72. The van der Waals surface area contributed by atoms with Crippen molar-refractivity contribution < 1.29 is 4.79 Å². The fourth-order valence-electron chi connectivity index (χ4n) is 1.94. The van der Waals surface area contributed by atoms with Crippen molar-refractivity contribution in [2.24, 2.45) is 5.92 Å². The zero-order chi connectivity index (χ0) is 13.1. The summed E-state index contributed by atoms with van der Waals surface area (Å²) in [5.41, 5.74) is 1.80. The van der Waals surface area contributed by atoms with Crippen molar-refractivity contribution in [3.8, 4) is 0 Å². The molecule has 1 aromatic rings. The molecule has 0 spiro atoms. The van der Waals surface area contributed by atoms with E-state index in [0.717, 1.165) is 17.2 Å². The monoisotopic (exact) mass is 266 g/mol. The quantitative estimate of drug-likeness (QED) is 0.860. The van der Waals surface area contributed by atoms with Gasteiger partial charge in [-0.15, -0.1) is 0 Å². The van der Waals surface area contributed by atoms with E-state index in [2.05, 4.69) is 17.6 Å². The third-order valence-corrected chi connectivity index (χ3v) is 3.62. The third kappa shape index (κ3) is 3.72. The summed E-state index contributed by atoms with van der Waals surface area (Å²) in [6.07, 6.45) is 2.56. The number of nitrogens with one attached hydrogen (secondary N) is 2. The highest BCUT2D eigenvalue weighted by molar-refractivity contribution is 6.31. The predicted molar refractivity (Wildman–Crippen MR) is 75.0 cm³/mol. The van der Waals surface area contributed by atoms with Crippen LogP contribution in [0.1, 0.15) is 25.3 Å². The normalized spacial score (nSPS) is 16.4. The topological polar surface area (TPSA) is 41.1 Å². The van der Waals surface area contributed by atoms with Gasteiger partial charge in [-0.25, -0.2) is 0 Å². The number of benzene rings is 1. The van der Waals surface area contributed by atoms with Crippen LogP contribution in [0.4, 0.5) is 5.69 Å². The van der Waals surface area contributed by atoms with Crippen molar-refractivity contribution in [1.29, 1.82) is 0 Å². The fourth-order valence-corrected chi connectivity index (χ4v) is 2.11. The summed E-state index contributed by atoms with van der Waals surface area (Å²) in [4.78, 5) is 11.8. The Kier molecular flexibility index (Phi) is 4.25. The number of halogens is 1. The average Bonchev–Trinajstić information content (AvgIpc) is 3.15. The standard InChI is InChI=1S/C14H19ClN2O/c1-9-3-6-12(15)7-13(9)17-14(18)8-16-10(2)11-4-5-11/h3,6-7,10-11,16H,4-5,8H2,1-2H3,(H,17,18). The van der Waals surface area contributed by atoms with Crippen LogP contribution in [-0.4, -0.2) is 18.5 Å². The summed E-state index contributed by atoms with van der Waals surface area (Å²) in [6, 6.07) is 5.92. The summed E-state index contributed by atoms with van der Waals surface area (Å²) in [5, 5.41) is 6.77. The second-order valence-electron chi connectivity index (χ2n) is 5.01. The molecule has 1 aliphatic carbocycles. The van der Waals surface area contributed by atoms with E-state index in [1.165, 1.54) is 12.8 Å². The van der Waals surface area contributed by atoms with Crippen LogP contribution in [0.25, 0.3) is 0 Å². The lowest BCUT2D eigenvalue weighted by Crippen LogP contribution is -2.35. The van der Waals surface area contributed by atoms with Gasteiger partial charge in [-0.1, -0.05) is 17.7 Å². The van der Waals surface area contributed by atoms with Gasteiger partial charge in [0.05, 0.1) is 6.54 Å². The lowest BCUT2D eigenvalue weighted by atomic mass is 10.2.